The van der Waals surface area contributed by atoms with Crippen LogP contribution in [0.4, 0.5) is 0 Å². The Kier molecular flexibility index (Phi) is 3.90. The predicted octanol–water partition coefficient (Wildman–Crippen LogP) is 0.777. The summed E-state index contributed by atoms with van der Waals surface area (Å²) < 4.78 is 0. The number of aromatic nitrogens is 1. The number of amides is 1. The molecule has 1 aromatic heterocycles. The summed E-state index contributed by atoms with van der Waals surface area (Å²) in [5.74, 6) is -0.201. The molecular formula is C13H16N4O. The van der Waals surface area contributed by atoms with Gasteiger partial charge in [0.1, 0.15) is 5.69 Å². The fourth-order valence-electron chi connectivity index (χ4n) is 2.17. The summed E-state index contributed by atoms with van der Waals surface area (Å²) in [5, 5.41) is 11.7. The first-order chi connectivity index (χ1) is 8.69. The van der Waals surface area contributed by atoms with Gasteiger partial charge in [-0.2, -0.15) is 5.26 Å². The van der Waals surface area contributed by atoms with Crippen LogP contribution in [0.3, 0.4) is 0 Å². The van der Waals surface area contributed by atoms with E-state index in [2.05, 4.69) is 15.2 Å². The standard InChI is InChI=1S/C13H16N4O/c1-17-6-2-3-11(9-17)16-13(18)12-7-10(8-14)4-5-15-12/h4-5,7,11H,2-3,6,9H2,1H3,(H,16,18). The van der Waals surface area contributed by atoms with Crippen LogP contribution in [0.1, 0.15) is 28.9 Å². The highest BCUT2D eigenvalue weighted by Crippen LogP contribution is 2.09. The van der Waals surface area contributed by atoms with Crippen molar-refractivity contribution in [1.82, 2.24) is 15.2 Å². The molecule has 1 aliphatic heterocycles. The molecular weight excluding hydrogens is 228 g/mol. The minimum Gasteiger partial charge on any atom is -0.347 e. The Morgan fingerprint density at radius 3 is 3.22 bits per heavy atom. The zero-order chi connectivity index (χ0) is 13.0. The SMILES string of the molecule is CN1CCCC(NC(=O)c2cc(C#N)ccn2)C1. The van der Waals surface area contributed by atoms with Crippen LogP contribution in [0.5, 0.6) is 0 Å². The van der Waals surface area contributed by atoms with Gasteiger partial charge in [-0.1, -0.05) is 0 Å². The summed E-state index contributed by atoms with van der Waals surface area (Å²) in [6.07, 6.45) is 3.57. The number of hydrogen-bond acceptors (Lipinski definition) is 4. The van der Waals surface area contributed by atoms with E-state index in [4.69, 9.17) is 5.26 Å². The first-order valence-corrected chi connectivity index (χ1v) is 6.04. The van der Waals surface area contributed by atoms with Crippen LogP contribution in [0.2, 0.25) is 0 Å². The minimum atomic E-state index is -0.201. The summed E-state index contributed by atoms with van der Waals surface area (Å²) in [4.78, 5) is 18.2. The number of nitrogens with one attached hydrogen (secondary N) is 1. The Hall–Kier alpha value is -1.93. The van der Waals surface area contributed by atoms with Gasteiger partial charge in [0.25, 0.3) is 5.91 Å². The van der Waals surface area contributed by atoms with Gasteiger partial charge in [0, 0.05) is 18.8 Å². The maximum Gasteiger partial charge on any atom is 0.270 e. The van der Waals surface area contributed by atoms with Crippen LogP contribution >= 0.6 is 0 Å². The molecule has 18 heavy (non-hydrogen) atoms. The molecule has 94 valence electrons. The molecule has 2 rings (SSSR count). The van der Waals surface area contributed by atoms with E-state index in [1.807, 2.05) is 13.1 Å². The van der Waals surface area contributed by atoms with Crippen molar-refractivity contribution in [3.05, 3.63) is 29.6 Å². The highest BCUT2D eigenvalue weighted by Gasteiger charge is 2.20. The van der Waals surface area contributed by atoms with Crippen molar-refractivity contribution in [2.24, 2.45) is 0 Å². The number of nitriles is 1. The topological polar surface area (TPSA) is 69.0 Å². The molecule has 0 radical (unpaired) electrons. The second-order valence-electron chi connectivity index (χ2n) is 4.62. The zero-order valence-electron chi connectivity index (χ0n) is 10.4. The Bertz CT molecular complexity index is 480. The van der Waals surface area contributed by atoms with E-state index >= 15 is 0 Å². The third-order valence-corrected chi connectivity index (χ3v) is 3.08. The average Bonchev–Trinajstić information content (AvgIpc) is 2.39. The van der Waals surface area contributed by atoms with Gasteiger partial charge in [0.15, 0.2) is 0 Å². The highest BCUT2D eigenvalue weighted by molar-refractivity contribution is 5.92. The van der Waals surface area contributed by atoms with Crippen LogP contribution in [0, 0.1) is 11.3 Å². The second kappa shape index (κ2) is 5.61. The normalized spacial score (nSPS) is 20.1. The molecule has 5 heteroatoms. The summed E-state index contributed by atoms with van der Waals surface area (Å²) in [6.45, 7) is 1.94. The first kappa shape index (κ1) is 12.5. The molecule has 1 atom stereocenters. The fraction of sp³-hybridized carbons (Fsp3) is 0.462. The number of hydrogen-bond donors (Lipinski definition) is 1. The summed E-state index contributed by atoms with van der Waals surface area (Å²) in [7, 11) is 2.05. The lowest BCUT2D eigenvalue weighted by Crippen LogP contribution is -2.46. The molecule has 0 saturated carbocycles. The molecule has 2 heterocycles. The number of likely N-dealkylation sites (tertiary alicyclic amines) is 1. The van der Waals surface area contributed by atoms with Crippen molar-refractivity contribution in [3.8, 4) is 6.07 Å². The van der Waals surface area contributed by atoms with Gasteiger partial charge in [-0.3, -0.25) is 9.78 Å². The first-order valence-electron chi connectivity index (χ1n) is 6.04. The Labute approximate surface area is 106 Å². The summed E-state index contributed by atoms with van der Waals surface area (Å²) in [5.41, 5.74) is 0.762. The number of likely N-dealkylation sites (N-methyl/N-ethyl adjacent to an activating group) is 1. The lowest BCUT2D eigenvalue weighted by molar-refractivity contribution is 0.0907. The molecule has 1 aromatic rings. The molecule has 1 amide bonds. The van der Waals surface area contributed by atoms with Gasteiger partial charge in [-0.25, -0.2) is 0 Å². The molecule has 1 saturated heterocycles. The number of nitrogens with zero attached hydrogens (tertiary/aromatic N) is 3. The maximum atomic E-state index is 12.0. The largest absolute Gasteiger partial charge is 0.347 e. The molecule has 0 spiro atoms. The lowest BCUT2D eigenvalue weighted by atomic mass is 10.1. The summed E-state index contributed by atoms with van der Waals surface area (Å²) >= 11 is 0. The monoisotopic (exact) mass is 244 g/mol. The quantitative estimate of drug-likeness (QED) is 0.834. The van der Waals surface area contributed by atoms with Gasteiger partial charge >= 0.3 is 0 Å². The van der Waals surface area contributed by atoms with Crippen molar-refractivity contribution in [3.63, 3.8) is 0 Å². The van der Waals surface area contributed by atoms with E-state index in [0.717, 1.165) is 25.9 Å². The smallest absolute Gasteiger partial charge is 0.270 e. The van der Waals surface area contributed by atoms with E-state index < -0.39 is 0 Å². The van der Waals surface area contributed by atoms with E-state index in [0.29, 0.717) is 11.3 Å². The van der Waals surface area contributed by atoms with Crippen LogP contribution in [-0.4, -0.2) is 42.0 Å². The molecule has 1 aliphatic rings. The molecule has 1 unspecified atom stereocenters. The molecule has 5 nitrogen and oxygen atoms in total. The second-order valence-corrected chi connectivity index (χ2v) is 4.62. The van der Waals surface area contributed by atoms with Gasteiger partial charge in [0.05, 0.1) is 11.6 Å². The highest BCUT2D eigenvalue weighted by atomic mass is 16.1. The Balaban J connectivity index is 2.01. The summed E-state index contributed by atoms with van der Waals surface area (Å²) in [6, 6.07) is 5.28. The average molecular weight is 244 g/mol. The number of rotatable bonds is 2. The maximum absolute atomic E-state index is 12.0. The van der Waals surface area contributed by atoms with Crippen LogP contribution in [-0.2, 0) is 0 Å². The van der Waals surface area contributed by atoms with Gasteiger partial charge < -0.3 is 10.2 Å². The van der Waals surface area contributed by atoms with Crippen LogP contribution in [0.15, 0.2) is 18.3 Å². The molecule has 0 bridgehead atoms. The lowest BCUT2D eigenvalue weighted by Gasteiger charge is -2.30. The van der Waals surface area contributed by atoms with Crippen molar-refractivity contribution in [1.29, 1.82) is 5.26 Å². The Morgan fingerprint density at radius 1 is 1.67 bits per heavy atom. The van der Waals surface area contributed by atoms with Gasteiger partial charge in [0.2, 0.25) is 0 Å². The third-order valence-electron chi connectivity index (χ3n) is 3.08. The van der Waals surface area contributed by atoms with E-state index in [9.17, 15) is 4.79 Å². The predicted molar refractivity (Wildman–Crippen MR) is 66.9 cm³/mol. The number of piperidine rings is 1. The van der Waals surface area contributed by atoms with E-state index in [1.54, 1.807) is 6.07 Å². The molecule has 0 aliphatic carbocycles. The fourth-order valence-corrected chi connectivity index (χ4v) is 2.17. The number of pyridine rings is 1. The van der Waals surface area contributed by atoms with Crippen molar-refractivity contribution in [2.45, 2.75) is 18.9 Å². The number of carbonyl (C=O) groups is 1. The zero-order valence-corrected chi connectivity index (χ0v) is 10.4. The van der Waals surface area contributed by atoms with Gasteiger partial charge in [-0.15, -0.1) is 0 Å². The van der Waals surface area contributed by atoms with Crippen LogP contribution < -0.4 is 5.32 Å². The number of carbonyl (C=O) groups excluding carboxylic acids is 1. The van der Waals surface area contributed by atoms with Gasteiger partial charge in [-0.05, 0) is 38.6 Å². The minimum absolute atomic E-state index is 0.170. The van der Waals surface area contributed by atoms with Crippen molar-refractivity contribution >= 4 is 5.91 Å². The molecule has 1 N–H and O–H groups in total. The third kappa shape index (κ3) is 3.05. The van der Waals surface area contributed by atoms with Crippen LogP contribution in [0.25, 0.3) is 0 Å². The molecule has 0 aromatic carbocycles. The molecule has 1 fully saturated rings. The van der Waals surface area contributed by atoms with E-state index in [-0.39, 0.29) is 11.9 Å². The Morgan fingerprint density at radius 2 is 2.50 bits per heavy atom. The van der Waals surface area contributed by atoms with Crippen molar-refractivity contribution < 1.29 is 4.79 Å². The van der Waals surface area contributed by atoms with Crippen molar-refractivity contribution in [2.75, 3.05) is 20.1 Å². The van der Waals surface area contributed by atoms with E-state index in [1.165, 1.54) is 12.3 Å².